The lowest BCUT2D eigenvalue weighted by atomic mass is 9.98. The fourth-order valence-corrected chi connectivity index (χ4v) is 3.16. The zero-order valence-electron chi connectivity index (χ0n) is 18.9. The molecule has 0 unspecified atom stereocenters. The van der Waals surface area contributed by atoms with Gasteiger partial charge in [-0.1, -0.05) is 34.1 Å². The van der Waals surface area contributed by atoms with Crippen molar-refractivity contribution in [1.29, 1.82) is 0 Å². The number of rotatable bonds is 14. The van der Waals surface area contributed by atoms with Gasteiger partial charge in [0.15, 0.2) is 0 Å². The molecule has 0 radical (unpaired) electrons. The number of carbonyl (C=O) groups is 5. The molecule has 0 heterocycles. The molecule has 0 aliphatic rings. The van der Waals surface area contributed by atoms with Crippen LogP contribution in [0.25, 0.3) is 0 Å². The highest BCUT2D eigenvalue weighted by Gasteiger charge is 2.27. The Balaban J connectivity index is 4.83. The second-order valence-corrected chi connectivity index (χ2v) is 8.86. The van der Waals surface area contributed by atoms with Crippen LogP contribution in [0, 0.1) is 5.92 Å². The number of nitrogens with two attached hydrogens (primary N) is 1. The SMILES string of the molecule is CC[C@H](C)[C@H](NC(=O)CNC(=O)CN)C(=O)NCC(=O)N[C@@H](CSC(C)C)C(=O)NC. The fraction of sp³-hybridized carbons (Fsp3) is 0.737. The van der Waals surface area contributed by atoms with Gasteiger partial charge in [-0.25, -0.2) is 0 Å². The van der Waals surface area contributed by atoms with Crippen molar-refractivity contribution in [3.05, 3.63) is 0 Å². The first-order valence-corrected chi connectivity index (χ1v) is 11.3. The van der Waals surface area contributed by atoms with Crippen LogP contribution < -0.4 is 32.3 Å². The predicted molar refractivity (Wildman–Crippen MR) is 120 cm³/mol. The van der Waals surface area contributed by atoms with Crippen molar-refractivity contribution >= 4 is 41.3 Å². The Labute approximate surface area is 187 Å². The molecule has 7 N–H and O–H groups in total. The Morgan fingerprint density at radius 3 is 1.97 bits per heavy atom. The van der Waals surface area contributed by atoms with Gasteiger partial charge in [0.25, 0.3) is 0 Å². The molecule has 0 saturated carbocycles. The fourth-order valence-electron chi connectivity index (χ4n) is 2.35. The van der Waals surface area contributed by atoms with Crippen LogP contribution in [0.4, 0.5) is 0 Å². The first kappa shape index (κ1) is 28.7. The molecular weight excluding hydrogens is 424 g/mol. The second-order valence-electron chi connectivity index (χ2n) is 7.25. The number of hydrogen-bond acceptors (Lipinski definition) is 7. The number of likely N-dealkylation sites (N-methyl/N-ethyl adjacent to an activating group) is 1. The topological polar surface area (TPSA) is 172 Å². The standard InChI is InChI=1S/C19H36N6O5S/c1-6-12(4)17(25-16(28)8-22-14(26)7-20)19(30)23-9-15(27)24-13(18(29)21-5)10-31-11(2)3/h11-13,17H,6-10,20H2,1-5H3,(H,21,29)(H,22,26)(H,23,30)(H,24,27)(H,25,28)/t12-,13-,17-/m0/s1. The maximum absolute atomic E-state index is 12.6. The molecular formula is C19H36N6O5S. The Hall–Kier alpha value is -2.34. The highest BCUT2D eigenvalue weighted by molar-refractivity contribution is 7.99. The van der Waals surface area contributed by atoms with Gasteiger partial charge in [-0.05, 0) is 11.2 Å². The van der Waals surface area contributed by atoms with Crippen LogP contribution in [-0.2, 0) is 24.0 Å². The summed E-state index contributed by atoms with van der Waals surface area (Å²) >= 11 is 1.53. The molecule has 0 aromatic rings. The van der Waals surface area contributed by atoms with E-state index in [0.717, 1.165) is 0 Å². The van der Waals surface area contributed by atoms with E-state index in [1.54, 1.807) is 6.92 Å². The van der Waals surface area contributed by atoms with Crippen LogP contribution in [0.2, 0.25) is 0 Å². The number of amides is 5. The van der Waals surface area contributed by atoms with Crippen molar-refractivity contribution in [2.45, 2.75) is 51.4 Å². The van der Waals surface area contributed by atoms with Crippen LogP contribution in [0.3, 0.4) is 0 Å². The van der Waals surface area contributed by atoms with E-state index >= 15 is 0 Å². The molecule has 0 aromatic heterocycles. The van der Waals surface area contributed by atoms with E-state index in [1.165, 1.54) is 18.8 Å². The molecule has 0 aliphatic heterocycles. The lowest BCUT2D eigenvalue weighted by Gasteiger charge is -2.24. The summed E-state index contributed by atoms with van der Waals surface area (Å²) in [6.07, 6.45) is 0.602. The molecule has 0 aliphatic carbocycles. The van der Waals surface area contributed by atoms with E-state index in [0.29, 0.717) is 17.4 Å². The summed E-state index contributed by atoms with van der Waals surface area (Å²) in [7, 11) is 1.48. The molecule has 0 saturated heterocycles. The molecule has 11 nitrogen and oxygen atoms in total. The summed E-state index contributed by atoms with van der Waals surface area (Å²) < 4.78 is 0. The van der Waals surface area contributed by atoms with Crippen molar-refractivity contribution in [2.24, 2.45) is 11.7 Å². The van der Waals surface area contributed by atoms with E-state index < -0.39 is 35.7 Å². The highest BCUT2D eigenvalue weighted by Crippen LogP contribution is 2.11. The molecule has 0 aromatic carbocycles. The zero-order chi connectivity index (χ0) is 24.0. The normalized spacial score (nSPS) is 13.5. The van der Waals surface area contributed by atoms with Gasteiger partial charge >= 0.3 is 0 Å². The third-order valence-electron chi connectivity index (χ3n) is 4.36. The van der Waals surface area contributed by atoms with Gasteiger partial charge in [0.05, 0.1) is 19.6 Å². The summed E-state index contributed by atoms with van der Waals surface area (Å²) in [6, 6.07) is -1.61. The minimum Gasteiger partial charge on any atom is -0.357 e. The molecule has 3 atom stereocenters. The van der Waals surface area contributed by atoms with Gasteiger partial charge in [-0.2, -0.15) is 11.8 Å². The Bertz CT molecular complexity index is 631. The third kappa shape index (κ3) is 12.2. The zero-order valence-corrected chi connectivity index (χ0v) is 19.7. The Morgan fingerprint density at radius 1 is 0.871 bits per heavy atom. The van der Waals surface area contributed by atoms with Crippen LogP contribution in [0.5, 0.6) is 0 Å². The number of carbonyl (C=O) groups excluding carboxylic acids is 5. The van der Waals surface area contributed by atoms with Crippen molar-refractivity contribution in [1.82, 2.24) is 26.6 Å². The van der Waals surface area contributed by atoms with Gasteiger partial charge in [-0.3, -0.25) is 24.0 Å². The van der Waals surface area contributed by atoms with E-state index in [2.05, 4.69) is 26.6 Å². The number of hydrogen-bond donors (Lipinski definition) is 6. The van der Waals surface area contributed by atoms with Crippen molar-refractivity contribution in [2.75, 3.05) is 32.4 Å². The predicted octanol–water partition coefficient (Wildman–Crippen LogP) is -1.92. The van der Waals surface area contributed by atoms with Gasteiger partial charge in [0.2, 0.25) is 29.5 Å². The van der Waals surface area contributed by atoms with Crippen LogP contribution >= 0.6 is 11.8 Å². The summed E-state index contributed by atoms with van der Waals surface area (Å²) in [4.78, 5) is 60.0. The summed E-state index contributed by atoms with van der Waals surface area (Å²) in [5, 5.41) is 12.8. The quantitative estimate of drug-likeness (QED) is 0.175. The molecule has 5 amide bonds. The lowest BCUT2D eigenvalue weighted by Crippen LogP contribution is -2.55. The number of thioether (sulfide) groups is 1. The summed E-state index contributed by atoms with van der Waals surface area (Å²) in [5.74, 6) is -2.21. The van der Waals surface area contributed by atoms with E-state index in [1.807, 2.05) is 20.8 Å². The summed E-state index contributed by atoms with van der Waals surface area (Å²) in [5.41, 5.74) is 5.17. The largest absolute Gasteiger partial charge is 0.357 e. The molecule has 0 spiro atoms. The number of nitrogens with one attached hydrogen (secondary N) is 5. The van der Waals surface area contributed by atoms with Gasteiger partial charge in [0.1, 0.15) is 12.1 Å². The van der Waals surface area contributed by atoms with Crippen LogP contribution in [0.15, 0.2) is 0 Å². The Morgan fingerprint density at radius 2 is 1.45 bits per heavy atom. The molecule has 31 heavy (non-hydrogen) atoms. The van der Waals surface area contributed by atoms with Crippen LogP contribution in [-0.4, -0.2) is 79.3 Å². The van der Waals surface area contributed by atoms with E-state index in [9.17, 15) is 24.0 Å². The third-order valence-corrected chi connectivity index (χ3v) is 5.55. The average molecular weight is 461 g/mol. The average Bonchev–Trinajstić information content (AvgIpc) is 2.75. The van der Waals surface area contributed by atoms with Crippen molar-refractivity contribution in [3.8, 4) is 0 Å². The first-order chi connectivity index (χ1) is 14.5. The van der Waals surface area contributed by atoms with E-state index in [4.69, 9.17) is 5.73 Å². The second kappa shape index (κ2) is 15.5. The maximum atomic E-state index is 12.6. The monoisotopic (exact) mass is 460 g/mol. The smallest absolute Gasteiger partial charge is 0.243 e. The molecule has 12 heteroatoms. The first-order valence-electron chi connectivity index (χ1n) is 10.2. The summed E-state index contributed by atoms with van der Waals surface area (Å²) in [6.45, 7) is 6.72. The van der Waals surface area contributed by atoms with Crippen molar-refractivity contribution < 1.29 is 24.0 Å². The minimum absolute atomic E-state index is 0.210. The minimum atomic E-state index is -0.883. The van der Waals surface area contributed by atoms with Gasteiger partial charge < -0.3 is 32.3 Å². The molecule has 178 valence electrons. The Kier molecular flexibility index (Phi) is 14.3. The maximum Gasteiger partial charge on any atom is 0.243 e. The van der Waals surface area contributed by atoms with Crippen molar-refractivity contribution in [3.63, 3.8) is 0 Å². The highest BCUT2D eigenvalue weighted by atomic mass is 32.2. The van der Waals surface area contributed by atoms with Gasteiger partial charge in [-0.15, -0.1) is 0 Å². The molecule has 0 rings (SSSR count). The van der Waals surface area contributed by atoms with E-state index in [-0.39, 0.29) is 31.5 Å². The molecule has 0 bridgehead atoms. The van der Waals surface area contributed by atoms with Crippen LogP contribution in [0.1, 0.15) is 34.1 Å². The van der Waals surface area contributed by atoms with Gasteiger partial charge in [0, 0.05) is 12.8 Å². The lowest BCUT2D eigenvalue weighted by molar-refractivity contribution is -0.132. The molecule has 0 fully saturated rings.